The molecule has 2 atom stereocenters. The summed E-state index contributed by atoms with van der Waals surface area (Å²) in [5.74, 6) is 2.51. The minimum absolute atomic E-state index is 0.263. The van der Waals surface area contributed by atoms with Gasteiger partial charge in [0.2, 0.25) is 11.9 Å². The number of likely N-dealkylation sites (tertiary alicyclic amines) is 1. The Morgan fingerprint density at radius 2 is 2.04 bits per heavy atom. The van der Waals surface area contributed by atoms with Gasteiger partial charge in [0, 0.05) is 38.8 Å². The number of nitrogens with one attached hydrogen (secondary N) is 2. The monoisotopic (exact) mass is 389 g/mol. The van der Waals surface area contributed by atoms with E-state index in [2.05, 4.69) is 25.7 Å². The first-order valence-corrected chi connectivity index (χ1v) is 9.72. The summed E-state index contributed by atoms with van der Waals surface area (Å²) in [6.07, 6.45) is 7.82. The second-order valence-electron chi connectivity index (χ2n) is 7.40. The maximum Gasteiger partial charge on any atom is 0.229 e. The minimum atomic E-state index is 0.263. The number of rotatable bonds is 5. The van der Waals surface area contributed by atoms with Crippen molar-refractivity contribution in [3.05, 3.63) is 23.6 Å². The highest BCUT2D eigenvalue weighted by atomic mass is 35.5. The van der Waals surface area contributed by atoms with E-state index in [0.717, 1.165) is 31.6 Å². The van der Waals surface area contributed by atoms with Gasteiger partial charge in [-0.2, -0.15) is 10.1 Å². The third-order valence-corrected chi connectivity index (χ3v) is 5.73. The third-order valence-electron chi connectivity index (χ3n) is 5.45. The molecule has 0 radical (unpaired) electrons. The van der Waals surface area contributed by atoms with E-state index in [1.165, 1.54) is 0 Å². The number of anilines is 3. The van der Waals surface area contributed by atoms with Gasteiger partial charge in [0.25, 0.3) is 0 Å². The van der Waals surface area contributed by atoms with E-state index in [0.29, 0.717) is 41.1 Å². The molecule has 2 aromatic rings. The molecule has 0 bridgehead atoms. The number of carbonyl (C=O) groups is 1. The van der Waals surface area contributed by atoms with Gasteiger partial charge >= 0.3 is 0 Å². The van der Waals surface area contributed by atoms with E-state index in [4.69, 9.17) is 11.6 Å². The number of nitrogens with zero attached hydrogens (tertiary/aromatic N) is 5. The molecular weight excluding hydrogens is 366 g/mol. The number of aryl methyl sites for hydroxylation is 1. The Morgan fingerprint density at radius 3 is 2.67 bits per heavy atom. The first kappa shape index (κ1) is 18.0. The van der Waals surface area contributed by atoms with E-state index in [1.54, 1.807) is 17.1 Å². The number of carbonyl (C=O) groups excluding carboxylic acids is 1. The standard InChI is InChI=1S/C18H24ClN7O/c1-3-16(27)26-8-11-4-13(5-12(11)9-26)22-17-15(19)7-20-18(24-17)23-14-6-21-25(2)10-14/h6-7,10-13H,3-5,8-9H2,1-2H3,(H2,20,22,23,24). The summed E-state index contributed by atoms with van der Waals surface area (Å²) >= 11 is 6.30. The smallest absolute Gasteiger partial charge is 0.229 e. The van der Waals surface area contributed by atoms with E-state index >= 15 is 0 Å². The normalized spacial score (nSPS) is 24.1. The van der Waals surface area contributed by atoms with Crippen molar-refractivity contribution in [2.75, 3.05) is 23.7 Å². The second kappa shape index (κ2) is 7.34. The Labute approximate surface area is 163 Å². The van der Waals surface area contributed by atoms with Crippen LogP contribution in [0.5, 0.6) is 0 Å². The van der Waals surface area contributed by atoms with Crippen LogP contribution in [0.4, 0.5) is 17.5 Å². The maximum absolute atomic E-state index is 11.9. The predicted molar refractivity (Wildman–Crippen MR) is 104 cm³/mol. The number of aromatic nitrogens is 4. The average molecular weight is 390 g/mol. The Balaban J connectivity index is 1.39. The van der Waals surface area contributed by atoms with Crippen molar-refractivity contribution in [2.45, 2.75) is 32.2 Å². The molecule has 27 heavy (non-hydrogen) atoms. The molecule has 9 heteroatoms. The lowest BCUT2D eigenvalue weighted by atomic mass is 10.0. The predicted octanol–water partition coefficient (Wildman–Crippen LogP) is 2.67. The summed E-state index contributed by atoms with van der Waals surface area (Å²) in [5.41, 5.74) is 0.821. The molecule has 1 aliphatic carbocycles. The summed E-state index contributed by atoms with van der Waals surface area (Å²) in [6, 6.07) is 0.317. The maximum atomic E-state index is 11.9. The van der Waals surface area contributed by atoms with Gasteiger partial charge < -0.3 is 15.5 Å². The quantitative estimate of drug-likeness (QED) is 0.817. The molecule has 2 aliphatic rings. The van der Waals surface area contributed by atoms with Crippen molar-refractivity contribution < 1.29 is 4.79 Å². The Morgan fingerprint density at radius 1 is 1.30 bits per heavy atom. The fourth-order valence-corrected chi connectivity index (χ4v) is 4.33. The summed E-state index contributed by atoms with van der Waals surface area (Å²) in [4.78, 5) is 22.7. The van der Waals surface area contributed by atoms with Gasteiger partial charge in [0.15, 0.2) is 5.82 Å². The lowest BCUT2D eigenvalue weighted by Gasteiger charge is -2.20. The van der Waals surface area contributed by atoms with Crippen LogP contribution >= 0.6 is 11.6 Å². The first-order valence-electron chi connectivity index (χ1n) is 9.34. The van der Waals surface area contributed by atoms with Gasteiger partial charge in [0.05, 0.1) is 18.1 Å². The molecule has 1 saturated heterocycles. The number of hydrogen-bond donors (Lipinski definition) is 2. The summed E-state index contributed by atoms with van der Waals surface area (Å²) in [7, 11) is 1.85. The average Bonchev–Trinajstić information content (AvgIpc) is 3.32. The largest absolute Gasteiger partial charge is 0.366 e. The third kappa shape index (κ3) is 3.85. The molecule has 144 valence electrons. The molecule has 0 spiro atoms. The van der Waals surface area contributed by atoms with Crippen LogP contribution in [0.2, 0.25) is 5.02 Å². The summed E-state index contributed by atoms with van der Waals surface area (Å²) in [5, 5.41) is 11.2. The molecular formula is C18H24ClN7O. The van der Waals surface area contributed by atoms with E-state index in [1.807, 2.05) is 25.1 Å². The van der Waals surface area contributed by atoms with Gasteiger partial charge in [-0.05, 0) is 24.7 Å². The number of halogens is 1. The van der Waals surface area contributed by atoms with Crippen LogP contribution in [0.15, 0.2) is 18.6 Å². The fourth-order valence-electron chi connectivity index (χ4n) is 4.18. The molecule has 1 aliphatic heterocycles. The Kier molecular flexibility index (Phi) is 4.90. The number of hydrogen-bond acceptors (Lipinski definition) is 6. The fraction of sp³-hybridized carbons (Fsp3) is 0.556. The zero-order valence-electron chi connectivity index (χ0n) is 15.5. The van der Waals surface area contributed by atoms with Crippen molar-refractivity contribution in [3.63, 3.8) is 0 Å². The number of amides is 1. The molecule has 3 heterocycles. The molecule has 2 N–H and O–H groups in total. The Bertz CT molecular complexity index is 825. The molecule has 0 aromatic carbocycles. The zero-order valence-corrected chi connectivity index (χ0v) is 16.3. The molecule has 2 aromatic heterocycles. The van der Waals surface area contributed by atoms with Crippen LogP contribution in [0.3, 0.4) is 0 Å². The van der Waals surface area contributed by atoms with Gasteiger partial charge in [-0.25, -0.2) is 4.98 Å². The second-order valence-corrected chi connectivity index (χ2v) is 7.81. The van der Waals surface area contributed by atoms with Gasteiger partial charge in [0.1, 0.15) is 5.02 Å². The van der Waals surface area contributed by atoms with Crippen molar-refractivity contribution in [1.29, 1.82) is 0 Å². The summed E-state index contributed by atoms with van der Waals surface area (Å²) in [6.45, 7) is 3.68. The van der Waals surface area contributed by atoms with Crippen molar-refractivity contribution in [2.24, 2.45) is 18.9 Å². The molecule has 2 fully saturated rings. The molecule has 1 saturated carbocycles. The summed E-state index contributed by atoms with van der Waals surface area (Å²) < 4.78 is 1.71. The minimum Gasteiger partial charge on any atom is -0.366 e. The highest BCUT2D eigenvalue weighted by molar-refractivity contribution is 6.32. The lowest BCUT2D eigenvalue weighted by molar-refractivity contribution is -0.130. The van der Waals surface area contributed by atoms with Crippen molar-refractivity contribution in [3.8, 4) is 0 Å². The van der Waals surface area contributed by atoms with Crippen LogP contribution in [-0.4, -0.2) is 49.7 Å². The topological polar surface area (TPSA) is 88.0 Å². The van der Waals surface area contributed by atoms with Crippen LogP contribution in [0.25, 0.3) is 0 Å². The van der Waals surface area contributed by atoms with Crippen molar-refractivity contribution in [1.82, 2.24) is 24.6 Å². The Hall–Kier alpha value is -2.35. The SMILES string of the molecule is CCC(=O)N1CC2CC(Nc3nc(Nc4cnn(C)c4)ncc3Cl)CC2C1. The van der Waals surface area contributed by atoms with Gasteiger partial charge in [-0.1, -0.05) is 18.5 Å². The zero-order chi connectivity index (χ0) is 19.0. The van der Waals surface area contributed by atoms with E-state index in [9.17, 15) is 4.79 Å². The van der Waals surface area contributed by atoms with Crippen LogP contribution < -0.4 is 10.6 Å². The molecule has 8 nitrogen and oxygen atoms in total. The number of fused-ring (bicyclic) bond motifs is 1. The van der Waals surface area contributed by atoms with Crippen molar-refractivity contribution >= 4 is 35.0 Å². The molecule has 2 unspecified atom stereocenters. The van der Waals surface area contributed by atoms with Crippen LogP contribution in [0.1, 0.15) is 26.2 Å². The van der Waals surface area contributed by atoms with Gasteiger partial charge in [-0.15, -0.1) is 0 Å². The molecule has 4 rings (SSSR count). The van der Waals surface area contributed by atoms with E-state index in [-0.39, 0.29) is 5.91 Å². The first-order chi connectivity index (χ1) is 13.0. The van der Waals surface area contributed by atoms with Crippen LogP contribution in [-0.2, 0) is 11.8 Å². The molecule has 1 amide bonds. The highest BCUT2D eigenvalue weighted by Gasteiger charge is 2.42. The van der Waals surface area contributed by atoms with E-state index < -0.39 is 0 Å². The van der Waals surface area contributed by atoms with Crippen LogP contribution in [0, 0.1) is 11.8 Å². The van der Waals surface area contributed by atoms with Gasteiger partial charge in [-0.3, -0.25) is 9.48 Å². The highest BCUT2D eigenvalue weighted by Crippen LogP contribution is 2.39. The lowest BCUT2D eigenvalue weighted by Crippen LogP contribution is -2.30.